The maximum absolute atomic E-state index is 11.8. The summed E-state index contributed by atoms with van der Waals surface area (Å²) >= 11 is 0. The molecule has 0 saturated heterocycles. The molecule has 1 aromatic rings. The van der Waals surface area contributed by atoms with Gasteiger partial charge in [-0.3, -0.25) is 9.59 Å². The van der Waals surface area contributed by atoms with Gasteiger partial charge in [0.25, 0.3) is 5.91 Å². The fourth-order valence-electron chi connectivity index (χ4n) is 2.88. The average Bonchev–Trinajstić information content (AvgIpc) is 2.64. The average molecular weight is 344 g/mol. The SMILES string of the molecule is CC(=O)N(CCNC(=O)COc1ccccc1)CCC1=CCCCC1. The molecule has 0 saturated carbocycles. The topological polar surface area (TPSA) is 58.6 Å². The van der Waals surface area contributed by atoms with Crippen LogP contribution in [0, 0.1) is 0 Å². The molecule has 0 atom stereocenters. The molecule has 0 aliphatic heterocycles. The van der Waals surface area contributed by atoms with Crippen molar-refractivity contribution >= 4 is 11.8 Å². The van der Waals surface area contributed by atoms with Crippen molar-refractivity contribution in [2.24, 2.45) is 0 Å². The van der Waals surface area contributed by atoms with E-state index in [1.807, 2.05) is 30.3 Å². The molecule has 2 amide bonds. The first-order chi connectivity index (χ1) is 12.1. The first-order valence-corrected chi connectivity index (χ1v) is 9.03. The predicted molar refractivity (Wildman–Crippen MR) is 98.4 cm³/mol. The molecule has 5 heteroatoms. The van der Waals surface area contributed by atoms with Gasteiger partial charge in [0.05, 0.1) is 0 Å². The summed E-state index contributed by atoms with van der Waals surface area (Å²) in [6.07, 6.45) is 8.09. The van der Waals surface area contributed by atoms with Crippen molar-refractivity contribution in [1.82, 2.24) is 10.2 Å². The van der Waals surface area contributed by atoms with E-state index in [-0.39, 0.29) is 18.4 Å². The molecule has 1 aliphatic carbocycles. The van der Waals surface area contributed by atoms with Crippen LogP contribution < -0.4 is 10.1 Å². The van der Waals surface area contributed by atoms with E-state index in [2.05, 4.69) is 11.4 Å². The number of ether oxygens (including phenoxy) is 1. The van der Waals surface area contributed by atoms with E-state index < -0.39 is 0 Å². The summed E-state index contributed by atoms with van der Waals surface area (Å²) in [5.41, 5.74) is 1.46. The Kier molecular flexibility index (Phi) is 8.02. The van der Waals surface area contributed by atoms with Crippen LogP contribution in [-0.2, 0) is 9.59 Å². The molecule has 0 spiro atoms. The Hall–Kier alpha value is -2.30. The molecule has 0 radical (unpaired) electrons. The second kappa shape index (κ2) is 10.5. The third-order valence-electron chi connectivity index (χ3n) is 4.35. The third-order valence-corrected chi connectivity index (χ3v) is 4.35. The molecule has 1 aliphatic rings. The number of para-hydroxylation sites is 1. The number of hydrogen-bond acceptors (Lipinski definition) is 3. The van der Waals surface area contributed by atoms with Gasteiger partial charge in [-0.1, -0.05) is 29.8 Å². The molecule has 25 heavy (non-hydrogen) atoms. The van der Waals surface area contributed by atoms with E-state index in [1.54, 1.807) is 11.8 Å². The Labute approximate surface area is 150 Å². The van der Waals surface area contributed by atoms with Gasteiger partial charge in [-0.05, 0) is 44.2 Å². The smallest absolute Gasteiger partial charge is 0.258 e. The highest BCUT2D eigenvalue weighted by Gasteiger charge is 2.11. The Bertz CT molecular complexity index is 584. The predicted octanol–water partition coefficient (Wildman–Crippen LogP) is 2.92. The van der Waals surface area contributed by atoms with Crippen molar-refractivity contribution in [3.05, 3.63) is 42.0 Å². The van der Waals surface area contributed by atoms with Gasteiger partial charge in [-0.2, -0.15) is 0 Å². The van der Waals surface area contributed by atoms with Crippen LogP contribution in [0.5, 0.6) is 5.75 Å². The van der Waals surface area contributed by atoms with Crippen LogP contribution in [0.4, 0.5) is 0 Å². The van der Waals surface area contributed by atoms with Gasteiger partial charge in [-0.15, -0.1) is 0 Å². The van der Waals surface area contributed by atoms with E-state index in [1.165, 1.54) is 18.4 Å². The molecular formula is C20H28N2O3. The lowest BCUT2D eigenvalue weighted by atomic mass is 9.97. The highest BCUT2D eigenvalue weighted by molar-refractivity contribution is 5.77. The van der Waals surface area contributed by atoms with Crippen LogP contribution in [0.25, 0.3) is 0 Å². The lowest BCUT2D eigenvalue weighted by molar-refractivity contribution is -0.129. The fraction of sp³-hybridized carbons (Fsp3) is 0.500. The van der Waals surface area contributed by atoms with Crippen molar-refractivity contribution in [2.45, 2.75) is 39.0 Å². The number of allylic oxidation sites excluding steroid dienone is 1. The summed E-state index contributed by atoms with van der Waals surface area (Å²) < 4.78 is 5.40. The summed E-state index contributed by atoms with van der Waals surface area (Å²) in [7, 11) is 0. The van der Waals surface area contributed by atoms with Crippen LogP contribution >= 0.6 is 0 Å². The van der Waals surface area contributed by atoms with Crippen molar-refractivity contribution in [1.29, 1.82) is 0 Å². The molecule has 0 fully saturated rings. The number of amides is 2. The second-order valence-corrected chi connectivity index (χ2v) is 6.32. The molecule has 1 aromatic carbocycles. The van der Waals surface area contributed by atoms with Crippen LogP contribution in [0.1, 0.15) is 39.0 Å². The van der Waals surface area contributed by atoms with E-state index in [0.717, 1.165) is 25.8 Å². The summed E-state index contributed by atoms with van der Waals surface area (Å²) in [5.74, 6) is 0.539. The zero-order chi connectivity index (χ0) is 17.9. The van der Waals surface area contributed by atoms with Crippen LogP contribution in [0.3, 0.4) is 0 Å². The van der Waals surface area contributed by atoms with Gasteiger partial charge in [-0.25, -0.2) is 0 Å². The minimum absolute atomic E-state index is 0.0169. The highest BCUT2D eigenvalue weighted by atomic mass is 16.5. The van der Waals surface area contributed by atoms with Crippen molar-refractivity contribution in [3.63, 3.8) is 0 Å². The number of rotatable bonds is 9. The maximum Gasteiger partial charge on any atom is 0.258 e. The Morgan fingerprint density at radius 2 is 1.96 bits per heavy atom. The zero-order valence-corrected chi connectivity index (χ0v) is 15.0. The standard InChI is InChI=1S/C20H28N2O3/c1-17(23)22(14-12-18-8-4-2-5-9-18)15-13-21-20(24)16-25-19-10-6-3-7-11-19/h3,6-8,10-11H,2,4-5,9,12-16H2,1H3,(H,21,24). The summed E-state index contributed by atoms with van der Waals surface area (Å²) in [6.45, 7) is 3.25. The van der Waals surface area contributed by atoms with E-state index in [4.69, 9.17) is 4.74 Å². The molecule has 1 N–H and O–H groups in total. The molecule has 5 nitrogen and oxygen atoms in total. The van der Waals surface area contributed by atoms with Gasteiger partial charge < -0.3 is 15.0 Å². The minimum Gasteiger partial charge on any atom is -0.484 e. The Morgan fingerprint density at radius 3 is 2.64 bits per heavy atom. The molecule has 2 rings (SSSR count). The van der Waals surface area contributed by atoms with E-state index in [0.29, 0.717) is 18.8 Å². The normalized spacial score (nSPS) is 13.7. The summed E-state index contributed by atoms with van der Waals surface area (Å²) in [6, 6.07) is 9.24. The molecule has 136 valence electrons. The van der Waals surface area contributed by atoms with Gasteiger partial charge in [0.15, 0.2) is 6.61 Å². The number of benzene rings is 1. The van der Waals surface area contributed by atoms with Crippen molar-refractivity contribution < 1.29 is 14.3 Å². The number of nitrogens with one attached hydrogen (secondary N) is 1. The number of carbonyl (C=O) groups is 2. The van der Waals surface area contributed by atoms with Gasteiger partial charge in [0.1, 0.15) is 5.75 Å². The minimum atomic E-state index is -0.178. The van der Waals surface area contributed by atoms with Crippen molar-refractivity contribution in [2.75, 3.05) is 26.2 Å². The lowest BCUT2D eigenvalue weighted by Gasteiger charge is -2.23. The Morgan fingerprint density at radius 1 is 1.16 bits per heavy atom. The van der Waals surface area contributed by atoms with Gasteiger partial charge in [0, 0.05) is 26.6 Å². The number of hydrogen-bond donors (Lipinski definition) is 1. The number of carbonyl (C=O) groups excluding carboxylic acids is 2. The van der Waals surface area contributed by atoms with Gasteiger partial charge in [0.2, 0.25) is 5.91 Å². The lowest BCUT2D eigenvalue weighted by Crippen LogP contribution is -2.39. The summed E-state index contributed by atoms with van der Waals surface area (Å²) in [4.78, 5) is 25.4. The summed E-state index contributed by atoms with van der Waals surface area (Å²) in [5, 5.41) is 2.80. The van der Waals surface area contributed by atoms with E-state index in [9.17, 15) is 9.59 Å². The zero-order valence-electron chi connectivity index (χ0n) is 15.0. The monoisotopic (exact) mass is 344 g/mol. The fourth-order valence-corrected chi connectivity index (χ4v) is 2.88. The second-order valence-electron chi connectivity index (χ2n) is 6.32. The largest absolute Gasteiger partial charge is 0.484 e. The van der Waals surface area contributed by atoms with Gasteiger partial charge >= 0.3 is 0 Å². The van der Waals surface area contributed by atoms with Crippen LogP contribution in [0.15, 0.2) is 42.0 Å². The number of nitrogens with zero attached hydrogens (tertiary/aromatic N) is 1. The molecule has 0 heterocycles. The molecular weight excluding hydrogens is 316 g/mol. The van der Waals surface area contributed by atoms with Crippen molar-refractivity contribution in [3.8, 4) is 5.75 Å². The molecule has 0 bridgehead atoms. The Balaban J connectivity index is 1.65. The molecule has 0 unspecified atom stereocenters. The van der Waals surface area contributed by atoms with Crippen LogP contribution in [-0.4, -0.2) is 43.0 Å². The maximum atomic E-state index is 11.8. The third kappa shape index (κ3) is 7.42. The highest BCUT2D eigenvalue weighted by Crippen LogP contribution is 2.20. The first-order valence-electron chi connectivity index (χ1n) is 9.03. The first kappa shape index (κ1) is 19.0. The van der Waals surface area contributed by atoms with E-state index >= 15 is 0 Å². The quantitative estimate of drug-likeness (QED) is 0.701. The molecule has 0 aromatic heterocycles. The van der Waals surface area contributed by atoms with Crippen LogP contribution in [0.2, 0.25) is 0 Å².